The molecule has 1 atom stereocenters. The molecule has 4 rings (SSSR count). The lowest BCUT2D eigenvalue weighted by molar-refractivity contribution is -0.138. The molecule has 1 aliphatic carbocycles. The maximum atomic E-state index is 13.9. The van der Waals surface area contributed by atoms with Gasteiger partial charge in [0, 0.05) is 24.2 Å². The SMILES string of the molecule is CC(Oc1ccc(F)cc1F)c1ccn2c(CC3CCC3)nnc2c1C(F)(F)F. The highest BCUT2D eigenvalue weighted by molar-refractivity contribution is 5.54. The molecule has 0 aliphatic heterocycles. The zero-order chi connectivity index (χ0) is 20.8. The third kappa shape index (κ3) is 3.77. The van der Waals surface area contributed by atoms with Crippen molar-refractivity contribution in [1.29, 1.82) is 0 Å². The van der Waals surface area contributed by atoms with E-state index in [-0.39, 0.29) is 17.0 Å². The zero-order valence-corrected chi connectivity index (χ0v) is 15.5. The summed E-state index contributed by atoms with van der Waals surface area (Å²) in [6, 6.07) is 3.92. The van der Waals surface area contributed by atoms with E-state index in [1.165, 1.54) is 23.6 Å². The van der Waals surface area contributed by atoms with Crippen LogP contribution in [0.1, 0.15) is 49.2 Å². The summed E-state index contributed by atoms with van der Waals surface area (Å²) in [5.41, 5.74) is -1.47. The Morgan fingerprint density at radius 2 is 1.93 bits per heavy atom. The van der Waals surface area contributed by atoms with Crippen LogP contribution < -0.4 is 4.74 Å². The quantitative estimate of drug-likeness (QED) is 0.520. The molecule has 154 valence electrons. The van der Waals surface area contributed by atoms with Gasteiger partial charge in [0.05, 0.1) is 0 Å². The number of benzene rings is 1. The predicted molar refractivity (Wildman–Crippen MR) is 94.4 cm³/mol. The lowest BCUT2D eigenvalue weighted by Gasteiger charge is -2.24. The Labute approximate surface area is 163 Å². The number of ether oxygens (including phenoxy) is 1. The normalized spacial score (nSPS) is 16.1. The fraction of sp³-hybridized carbons (Fsp3) is 0.400. The van der Waals surface area contributed by atoms with Crippen molar-refractivity contribution in [3.8, 4) is 5.75 Å². The predicted octanol–water partition coefficient (Wildman–Crippen LogP) is 5.51. The van der Waals surface area contributed by atoms with Gasteiger partial charge in [0.2, 0.25) is 0 Å². The Bertz CT molecular complexity index is 1040. The number of alkyl halides is 3. The van der Waals surface area contributed by atoms with Gasteiger partial charge >= 0.3 is 6.18 Å². The first kappa shape index (κ1) is 19.6. The van der Waals surface area contributed by atoms with Crippen molar-refractivity contribution in [3.05, 3.63) is 59.0 Å². The van der Waals surface area contributed by atoms with Crippen LogP contribution >= 0.6 is 0 Å². The lowest BCUT2D eigenvalue weighted by atomic mass is 9.83. The standard InChI is InChI=1S/C20H18F5N3O/c1-11(29-16-6-5-13(21)10-15(16)22)14-7-8-28-17(9-12-3-2-4-12)26-27-19(28)18(14)20(23,24)25/h5-8,10-12H,2-4,9H2,1H3. The van der Waals surface area contributed by atoms with Gasteiger partial charge in [0.15, 0.2) is 17.2 Å². The van der Waals surface area contributed by atoms with E-state index in [1.807, 2.05) is 0 Å². The Morgan fingerprint density at radius 1 is 1.17 bits per heavy atom. The number of pyridine rings is 1. The van der Waals surface area contributed by atoms with Gasteiger partial charge in [-0.25, -0.2) is 8.78 Å². The third-order valence-corrected chi connectivity index (χ3v) is 5.30. The van der Waals surface area contributed by atoms with Crippen LogP contribution in [0.3, 0.4) is 0 Å². The second-order valence-electron chi connectivity index (χ2n) is 7.29. The molecule has 1 aromatic carbocycles. The average Bonchev–Trinajstić information content (AvgIpc) is 3.01. The molecule has 2 aromatic heterocycles. The molecule has 3 aromatic rings. The fourth-order valence-electron chi connectivity index (χ4n) is 3.57. The Morgan fingerprint density at radius 3 is 2.55 bits per heavy atom. The molecule has 0 spiro atoms. The van der Waals surface area contributed by atoms with Gasteiger partial charge in [-0.1, -0.05) is 19.3 Å². The van der Waals surface area contributed by atoms with Gasteiger partial charge in [-0.05, 0) is 31.0 Å². The van der Waals surface area contributed by atoms with Gasteiger partial charge in [-0.2, -0.15) is 13.2 Å². The van der Waals surface area contributed by atoms with Crippen LogP contribution in [-0.2, 0) is 12.6 Å². The second-order valence-corrected chi connectivity index (χ2v) is 7.29. The van der Waals surface area contributed by atoms with Crippen molar-refractivity contribution in [3.63, 3.8) is 0 Å². The zero-order valence-electron chi connectivity index (χ0n) is 15.5. The molecule has 0 amide bonds. The summed E-state index contributed by atoms with van der Waals surface area (Å²) in [6.07, 6.45) is -0.616. The molecule has 0 bridgehead atoms. The van der Waals surface area contributed by atoms with Crippen molar-refractivity contribution in [2.45, 2.75) is 44.9 Å². The molecule has 1 saturated carbocycles. The minimum atomic E-state index is -4.71. The average molecular weight is 411 g/mol. The Kier molecular flexibility index (Phi) is 4.92. The molecule has 1 unspecified atom stereocenters. The van der Waals surface area contributed by atoms with Gasteiger partial charge in [-0.3, -0.25) is 4.40 Å². The Balaban J connectivity index is 1.73. The molecule has 29 heavy (non-hydrogen) atoms. The highest BCUT2D eigenvalue weighted by atomic mass is 19.4. The molecule has 0 saturated heterocycles. The van der Waals surface area contributed by atoms with E-state index >= 15 is 0 Å². The summed E-state index contributed by atoms with van der Waals surface area (Å²) in [7, 11) is 0. The molecule has 1 aliphatic rings. The maximum absolute atomic E-state index is 13.9. The molecule has 9 heteroatoms. The number of halogens is 5. The largest absolute Gasteiger partial charge is 0.483 e. The highest BCUT2D eigenvalue weighted by Gasteiger charge is 2.39. The minimum Gasteiger partial charge on any atom is -0.483 e. The lowest BCUT2D eigenvalue weighted by Crippen LogP contribution is -2.18. The van der Waals surface area contributed by atoms with E-state index in [1.54, 1.807) is 0 Å². The monoisotopic (exact) mass is 411 g/mol. The number of fused-ring (bicyclic) bond motifs is 1. The second kappa shape index (κ2) is 7.27. The van der Waals surface area contributed by atoms with E-state index in [4.69, 9.17) is 4.74 Å². The maximum Gasteiger partial charge on any atom is 0.420 e. The smallest absolute Gasteiger partial charge is 0.420 e. The highest BCUT2D eigenvalue weighted by Crippen LogP contribution is 2.39. The van der Waals surface area contributed by atoms with Gasteiger partial charge < -0.3 is 4.74 Å². The van der Waals surface area contributed by atoms with Crippen LogP contribution in [0.5, 0.6) is 5.75 Å². The van der Waals surface area contributed by atoms with Crippen molar-refractivity contribution in [2.24, 2.45) is 5.92 Å². The molecule has 2 heterocycles. The third-order valence-electron chi connectivity index (χ3n) is 5.30. The van der Waals surface area contributed by atoms with Gasteiger partial charge in [-0.15, -0.1) is 10.2 Å². The number of hydrogen-bond acceptors (Lipinski definition) is 3. The molecule has 4 nitrogen and oxygen atoms in total. The fourth-order valence-corrected chi connectivity index (χ4v) is 3.57. The minimum absolute atomic E-state index is 0.198. The van der Waals surface area contributed by atoms with Crippen molar-refractivity contribution < 1.29 is 26.7 Å². The number of rotatable bonds is 5. The topological polar surface area (TPSA) is 39.4 Å². The van der Waals surface area contributed by atoms with E-state index in [0.29, 0.717) is 24.2 Å². The van der Waals surface area contributed by atoms with E-state index in [9.17, 15) is 22.0 Å². The first-order valence-corrected chi connectivity index (χ1v) is 9.29. The molecule has 0 radical (unpaired) electrons. The molecule has 1 fully saturated rings. The van der Waals surface area contributed by atoms with Gasteiger partial charge in [0.25, 0.3) is 0 Å². The Hall–Kier alpha value is -2.71. The number of hydrogen-bond donors (Lipinski definition) is 0. The van der Waals surface area contributed by atoms with Crippen LogP contribution in [0.25, 0.3) is 5.65 Å². The molecular weight excluding hydrogens is 393 g/mol. The van der Waals surface area contributed by atoms with Crippen molar-refractivity contribution >= 4 is 5.65 Å². The van der Waals surface area contributed by atoms with Crippen LogP contribution in [0, 0.1) is 17.6 Å². The summed E-state index contributed by atoms with van der Waals surface area (Å²) in [5, 5.41) is 7.76. The number of aromatic nitrogens is 3. The van der Waals surface area contributed by atoms with Crippen molar-refractivity contribution in [1.82, 2.24) is 14.6 Å². The van der Waals surface area contributed by atoms with Crippen molar-refractivity contribution in [2.75, 3.05) is 0 Å². The van der Waals surface area contributed by atoms with E-state index in [2.05, 4.69) is 10.2 Å². The summed E-state index contributed by atoms with van der Waals surface area (Å²) >= 11 is 0. The van der Waals surface area contributed by atoms with E-state index in [0.717, 1.165) is 31.4 Å². The summed E-state index contributed by atoms with van der Waals surface area (Å²) in [4.78, 5) is 0. The van der Waals surface area contributed by atoms with Crippen LogP contribution in [0.15, 0.2) is 30.5 Å². The first-order chi connectivity index (χ1) is 13.7. The van der Waals surface area contributed by atoms with E-state index < -0.39 is 29.5 Å². The van der Waals surface area contributed by atoms with Crippen LogP contribution in [0.2, 0.25) is 0 Å². The van der Waals surface area contributed by atoms with Crippen LogP contribution in [-0.4, -0.2) is 14.6 Å². The van der Waals surface area contributed by atoms with Crippen LogP contribution in [0.4, 0.5) is 22.0 Å². The summed E-state index contributed by atoms with van der Waals surface area (Å²) in [5.74, 6) is -1.22. The molecule has 0 N–H and O–H groups in total. The number of nitrogens with zero attached hydrogens (tertiary/aromatic N) is 3. The summed E-state index contributed by atoms with van der Waals surface area (Å²) in [6.45, 7) is 1.37. The first-order valence-electron chi connectivity index (χ1n) is 9.29. The summed E-state index contributed by atoms with van der Waals surface area (Å²) < 4.78 is 75.3. The molecular formula is C20H18F5N3O. The van der Waals surface area contributed by atoms with Gasteiger partial charge in [0.1, 0.15) is 23.3 Å².